The molecule has 2 saturated heterocycles. The quantitative estimate of drug-likeness (QED) is 0.00734. The lowest BCUT2D eigenvalue weighted by atomic mass is 9.88. The normalized spacial score (nSPS) is 15.6. The number of carbonyl (C=O) groups is 3. The predicted molar refractivity (Wildman–Crippen MR) is 466 cm³/mol. The van der Waals surface area contributed by atoms with Crippen molar-refractivity contribution in [2.75, 3.05) is 201 Å². The number of H-pyrrole nitrogens is 2. The van der Waals surface area contributed by atoms with Crippen LogP contribution in [0.25, 0.3) is 21.8 Å². The van der Waals surface area contributed by atoms with E-state index in [0.717, 1.165) is 83.6 Å². The second-order valence-corrected chi connectivity index (χ2v) is 32.9. The number of likely N-dealkylation sites (N-methyl/N-ethyl adjacent to an activating group) is 1. The van der Waals surface area contributed by atoms with E-state index in [1.807, 2.05) is 109 Å². The van der Waals surface area contributed by atoms with Crippen molar-refractivity contribution in [1.29, 1.82) is 0 Å². The molecule has 4 heterocycles. The van der Waals surface area contributed by atoms with Crippen molar-refractivity contribution in [2.45, 2.75) is 94.0 Å². The molecule has 35 heteroatoms. The maximum atomic E-state index is 13.1. The van der Waals surface area contributed by atoms with Crippen molar-refractivity contribution < 1.29 is 92.6 Å². The van der Waals surface area contributed by atoms with Gasteiger partial charge in [0.15, 0.2) is 0 Å². The third kappa shape index (κ3) is 36.5. The minimum absolute atomic E-state index is 0.0493. The molecule has 2 aliphatic heterocycles. The Kier molecular flexibility index (Phi) is 46.8. The Balaban J connectivity index is 0.000000243. The average Bonchev–Trinajstić information content (AvgIpc) is 1.57. The number of nitrogens with zero attached hydrogens (tertiary/aromatic N) is 3. The molecule has 2 amide bonds. The number of nitrogens with two attached hydrogens (primary N) is 1. The number of esters is 1. The fraction of sp³-hybridized carbons (Fsp3) is 0.543. The number of aliphatic hydroxyl groups excluding tert-OH is 1. The molecule has 2 aromatic heterocycles. The number of anilines is 2. The minimum Gasteiger partial charge on any atom is -0.491 e. The number of ether oxygens (including phenoxy) is 11. The molecule has 0 radical (unpaired) electrons. The molecule has 116 heavy (non-hydrogen) atoms. The molecule has 8 N–H and O–H groups in total. The Bertz CT molecular complexity index is 4240. The fourth-order valence-electron chi connectivity index (χ4n) is 12.5. The number of aromatic nitrogens is 2. The molecule has 2 bridgehead atoms. The summed E-state index contributed by atoms with van der Waals surface area (Å²) in [5.74, 6) is 2.88. The SMILES string of the molecule is CC(N)Cc1c[nH]c2ccc(OCCOCCOCCS)cc12.CCOC(=O)C1C(OS(=O)(=O)c2cccc(NC(=O)COCCOCCS)c2)CC2CCC1N2C.CN(C)CCc1c[nH]c2ccc(CS(=O)(=O)NCCOCCOCCS)cc12.CN(C)Cc1ccccc1Oc1ccc(NC(=O)COCCOCCS)cc1CO. The number of thiol groups is 4. The summed E-state index contributed by atoms with van der Waals surface area (Å²) in [6, 6.07) is 30.7. The number of hydrogen-bond donors (Lipinski definition) is 11. The van der Waals surface area contributed by atoms with E-state index in [-0.39, 0.29) is 74.3 Å². The molecule has 0 aliphatic carbocycles. The van der Waals surface area contributed by atoms with Crippen molar-refractivity contribution in [3.63, 3.8) is 0 Å². The third-order valence-electron chi connectivity index (χ3n) is 17.9. The van der Waals surface area contributed by atoms with Crippen LogP contribution in [0.2, 0.25) is 0 Å². The third-order valence-corrected chi connectivity index (χ3v) is 21.3. The minimum atomic E-state index is -4.20. The van der Waals surface area contributed by atoms with Crippen LogP contribution in [0.3, 0.4) is 0 Å². The van der Waals surface area contributed by atoms with E-state index < -0.39 is 44.0 Å². The number of fused-ring (bicyclic) bond motifs is 4. The van der Waals surface area contributed by atoms with Crippen LogP contribution in [-0.2, 0) is 113 Å². The number of benzene rings is 5. The first-order valence-corrected chi connectivity index (χ1v) is 44.4. The Morgan fingerprint density at radius 2 is 1.17 bits per heavy atom. The van der Waals surface area contributed by atoms with Gasteiger partial charge in [-0.1, -0.05) is 30.3 Å². The lowest BCUT2D eigenvalue weighted by Gasteiger charge is -2.40. The Hall–Kier alpha value is -6.11. The highest BCUT2D eigenvalue weighted by molar-refractivity contribution is 7.88. The molecule has 0 spiro atoms. The molecule has 29 nitrogen and oxygen atoms in total. The summed E-state index contributed by atoms with van der Waals surface area (Å²) < 4.78 is 118. The van der Waals surface area contributed by atoms with Gasteiger partial charge in [-0.25, -0.2) is 13.1 Å². The van der Waals surface area contributed by atoms with E-state index in [4.69, 9.17) is 62.0 Å². The van der Waals surface area contributed by atoms with Crippen molar-refractivity contribution in [3.8, 4) is 17.2 Å². The number of carbonyl (C=O) groups excluding carboxylic acids is 3. The van der Waals surface area contributed by atoms with Gasteiger partial charge in [0.25, 0.3) is 10.1 Å². The van der Waals surface area contributed by atoms with E-state index in [9.17, 15) is 36.3 Å². The van der Waals surface area contributed by atoms with Gasteiger partial charge in [-0.15, -0.1) is 0 Å². The van der Waals surface area contributed by atoms with Crippen LogP contribution in [0.5, 0.6) is 17.2 Å². The molecule has 0 saturated carbocycles. The standard InChI is InChI=1S/C23H34N2O8S2.C22H30N2O5S.C19H31N3O4S2.C17H26N2O3S/c1-3-32-23(27)22-19-8-7-17(25(19)2)14-20(22)33-35(28,29)18-6-4-5-16(13-18)24-21(26)15-31-10-9-30-11-12-34;1-24(2)14-17-5-3-4-6-20(17)29-21-8-7-19(13-18(21)15-25)23-22(26)16-28-10-9-27-11-12-30;1-22(2)7-5-17-14-20-19-4-3-16(13-18(17)19)15-28(23,24)21-6-8-25-9-10-26-11-12-27;1-13(18)10-14-12-19-17-3-2-15(11-16(14)17)22-7-6-20-4-5-21-8-9-23/h4-6,13,17,19-20,22,34H,3,7-12,14-15H2,1-2H3,(H,24,26);3-8,13,25,30H,9-12,14-16H2,1-2H3,(H,23,26);3-4,13-14,20-21,27H,5-12,15H2,1-2H3;2-3,11-13,19,23H,4-10,18H2,1H3. The van der Waals surface area contributed by atoms with E-state index in [0.29, 0.717) is 139 Å². The number of nitrogens with one attached hydrogen (secondary N) is 5. The highest BCUT2D eigenvalue weighted by Gasteiger charge is 2.51. The van der Waals surface area contributed by atoms with Crippen molar-refractivity contribution in [2.24, 2.45) is 11.7 Å². The second-order valence-electron chi connectivity index (χ2n) is 27.7. The van der Waals surface area contributed by atoms with Crippen LogP contribution in [0, 0.1) is 5.92 Å². The molecule has 7 aromatic rings. The average molecular weight is 1730 g/mol. The van der Waals surface area contributed by atoms with Crippen LogP contribution < -0.4 is 30.6 Å². The summed E-state index contributed by atoms with van der Waals surface area (Å²) in [5, 5.41) is 17.4. The van der Waals surface area contributed by atoms with Crippen LogP contribution in [0.4, 0.5) is 11.4 Å². The summed E-state index contributed by atoms with van der Waals surface area (Å²) in [5.41, 5.74) is 13.7. The van der Waals surface area contributed by atoms with E-state index in [1.165, 1.54) is 34.7 Å². The second kappa shape index (κ2) is 54.9. The first-order valence-electron chi connectivity index (χ1n) is 38.8. The van der Waals surface area contributed by atoms with Gasteiger partial charge in [0.05, 0.1) is 128 Å². The number of hydrogen-bond acceptors (Lipinski definition) is 28. The zero-order valence-corrected chi connectivity index (χ0v) is 72.9. The van der Waals surface area contributed by atoms with Crippen molar-refractivity contribution in [1.82, 2.24) is 29.4 Å². The number of para-hydroxylation sites is 1. The largest absolute Gasteiger partial charge is 0.491 e. The molecule has 646 valence electrons. The zero-order chi connectivity index (χ0) is 84.1. The topological polar surface area (TPSA) is 354 Å². The summed E-state index contributed by atoms with van der Waals surface area (Å²) in [6.45, 7) is 12.5. The molecule has 5 atom stereocenters. The van der Waals surface area contributed by atoms with Gasteiger partial charge in [-0.3, -0.25) is 23.5 Å². The monoisotopic (exact) mass is 1730 g/mol. The molecule has 5 unspecified atom stereocenters. The molecule has 5 aromatic carbocycles. The van der Waals surface area contributed by atoms with E-state index in [2.05, 4.69) is 96.6 Å². The van der Waals surface area contributed by atoms with Gasteiger partial charge in [-0.2, -0.15) is 58.9 Å². The smallest absolute Gasteiger partial charge is 0.313 e. The number of sulfonamides is 1. The van der Waals surface area contributed by atoms with Crippen LogP contribution in [0.1, 0.15) is 60.9 Å². The molecular formula is C81H121N9O20S6. The van der Waals surface area contributed by atoms with Crippen LogP contribution in [0.15, 0.2) is 120 Å². The summed E-state index contributed by atoms with van der Waals surface area (Å²) in [7, 11) is 2.40. The highest BCUT2D eigenvalue weighted by Crippen LogP contribution is 2.42. The first-order chi connectivity index (χ1) is 55.9. The fourth-order valence-corrected chi connectivity index (χ4v) is 15.3. The van der Waals surface area contributed by atoms with Gasteiger partial charge in [0, 0.05) is 117 Å². The summed E-state index contributed by atoms with van der Waals surface area (Å²) in [4.78, 5) is 49.6. The summed E-state index contributed by atoms with van der Waals surface area (Å²) >= 11 is 16.2. The van der Waals surface area contributed by atoms with Gasteiger partial charge < -0.3 is 93.3 Å². The lowest BCUT2D eigenvalue weighted by Crippen LogP contribution is -2.53. The Labute approximate surface area is 706 Å². The van der Waals surface area contributed by atoms with Gasteiger partial charge in [-0.05, 0) is 171 Å². The van der Waals surface area contributed by atoms with Gasteiger partial charge >= 0.3 is 5.97 Å². The number of aliphatic hydroxyl groups is 1. The maximum Gasteiger partial charge on any atom is 0.313 e. The van der Waals surface area contributed by atoms with Crippen molar-refractivity contribution >= 4 is 122 Å². The number of aromatic amines is 2. The zero-order valence-electron chi connectivity index (χ0n) is 67.7. The van der Waals surface area contributed by atoms with Gasteiger partial charge in [0.1, 0.15) is 37.1 Å². The predicted octanol–water partition coefficient (Wildman–Crippen LogP) is 8.70. The summed E-state index contributed by atoms with van der Waals surface area (Å²) in [6.07, 6.45) is 7.05. The lowest BCUT2D eigenvalue weighted by molar-refractivity contribution is -0.157. The Morgan fingerprint density at radius 1 is 0.612 bits per heavy atom. The highest BCUT2D eigenvalue weighted by atomic mass is 32.2. The van der Waals surface area contributed by atoms with Crippen LogP contribution >= 0.6 is 50.5 Å². The first kappa shape index (κ1) is 98.7. The molecule has 9 rings (SSSR count). The molecular weight excluding hydrogens is 1610 g/mol. The number of piperidine rings is 1. The molecule has 2 aliphatic rings. The van der Waals surface area contributed by atoms with Gasteiger partial charge in [0.2, 0.25) is 21.8 Å². The van der Waals surface area contributed by atoms with E-state index in [1.54, 1.807) is 31.2 Å². The Morgan fingerprint density at radius 3 is 1.77 bits per heavy atom. The number of amides is 2. The van der Waals surface area contributed by atoms with Crippen molar-refractivity contribution in [3.05, 3.63) is 143 Å². The van der Waals surface area contributed by atoms with E-state index >= 15 is 0 Å². The van der Waals surface area contributed by atoms with Crippen LogP contribution in [-0.4, -0.2) is 279 Å². The molecule has 2 fully saturated rings. The maximum absolute atomic E-state index is 13.1. The number of rotatable bonds is 51.